The molecule has 2 N–H and O–H groups in total. The molecule has 0 fully saturated rings. The Morgan fingerprint density at radius 2 is 2.21 bits per heavy atom. The maximum absolute atomic E-state index is 12.5. The lowest BCUT2D eigenvalue weighted by Crippen LogP contribution is -2.38. The number of nitrogen functional groups attached to an aromatic ring is 1. The number of hydrogen-bond acceptors (Lipinski definition) is 3. The van der Waals surface area contributed by atoms with Gasteiger partial charge in [-0.1, -0.05) is 0 Å². The van der Waals surface area contributed by atoms with Crippen LogP contribution in [0.2, 0.25) is 0 Å². The Morgan fingerprint density at radius 3 is 3.00 bits per heavy atom. The highest BCUT2D eigenvalue weighted by atomic mass is 16.2. The van der Waals surface area contributed by atoms with Gasteiger partial charge in [0.25, 0.3) is 5.91 Å². The zero-order valence-corrected chi connectivity index (χ0v) is 10.8. The molecule has 1 aliphatic rings. The molecule has 0 atom stereocenters. The van der Waals surface area contributed by atoms with E-state index in [1.54, 1.807) is 18.3 Å². The van der Waals surface area contributed by atoms with Crippen LogP contribution in [-0.2, 0) is 13.1 Å². The largest absolute Gasteiger partial charge is 0.399 e. The molecule has 0 radical (unpaired) electrons. The van der Waals surface area contributed by atoms with Crippen molar-refractivity contribution in [3.05, 3.63) is 47.5 Å². The van der Waals surface area contributed by atoms with Crippen LogP contribution in [0.4, 0.5) is 5.69 Å². The van der Waals surface area contributed by atoms with Crippen LogP contribution in [0.5, 0.6) is 0 Å². The number of amides is 1. The average Bonchev–Trinajstić information content (AvgIpc) is 2.85. The highest BCUT2D eigenvalue weighted by Crippen LogP contribution is 2.18. The molecule has 0 bridgehead atoms. The number of nitrogens with zero attached hydrogens (tertiary/aromatic N) is 3. The summed E-state index contributed by atoms with van der Waals surface area (Å²) in [7, 11) is 0. The van der Waals surface area contributed by atoms with Crippen molar-refractivity contribution in [3.8, 4) is 0 Å². The summed E-state index contributed by atoms with van der Waals surface area (Å²) in [4.78, 5) is 18.6. The van der Waals surface area contributed by atoms with Crippen molar-refractivity contribution in [2.45, 2.75) is 20.0 Å². The van der Waals surface area contributed by atoms with Crippen LogP contribution in [0.15, 0.2) is 30.6 Å². The summed E-state index contributed by atoms with van der Waals surface area (Å²) in [5, 5.41) is 0. The number of benzene rings is 1. The fourth-order valence-corrected chi connectivity index (χ4v) is 2.44. The molecular weight excluding hydrogens is 240 g/mol. The standard InChI is InChI=1S/C14H16N4O/c1-10-8-11(15)2-3-12(10)14(19)18-7-6-17-5-4-16-13(17)9-18/h2-5,8H,6-7,9,15H2,1H3. The van der Waals surface area contributed by atoms with Crippen molar-refractivity contribution >= 4 is 11.6 Å². The minimum Gasteiger partial charge on any atom is -0.399 e. The number of anilines is 1. The Hall–Kier alpha value is -2.30. The molecule has 1 aromatic carbocycles. The number of fused-ring (bicyclic) bond motifs is 1. The predicted molar refractivity (Wildman–Crippen MR) is 72.6 cm³/mol. The average molecular weight is 256 g/mol. The van der Waals surface area contributed by atoms with E-state index in [1.807, 2.05) is 24.1 Å². The maximum atomic E-state index is 12.5. The van der Waals surface area contributed by atoms with Crippen LogP contribution in [0.1, 0.15) is 21.7 Å². The van der Waals surface area contributed by atoms with Crippen LogP contribution >= 0.6 is 0 Å². The molecule has 98 valence electrons. The molecule has 0 unspecified atom stereocenters. The third-order valence-electron chi connectivity index (χ3n) is 3.51. The predicted octanol–water partition coefficient (Wildman–Crippen LogP) is 1.43. The second-order valence-corrected chi connectivity index (χ2v) is 4.84. The number of imidazole rings is 1. The molecule has 2 heterocycles. The first-order chi connectivity index (χ1) is 9.15. The van der Waals surface area contributed by atoms with Gasteiger partial charge in [0.15, 0.2) is 0 Å². The summed E-state index contributed by atoms with van der Waals surface area (Å²) in [6, 6.07) is 5.40. The van der Waals surface area contributed by atoms with E-state index in [1.165, 1.54) is 0 Å². The van der Waals surface area contributed by atoms with Crippen LogP contribution in [0, 0.1) is 6.92 Å². The minimum absolute atomic E-state index is 0.0479. The first kappa shape index (κ1) is 11.8. The molecule has 3 rings (SSSR count). The van der Waals surface area contributed by atoms with Crippen molar-refractivity contribution in [3.63, 3.8) is 0 Å². The van der Waals surface area contributed by atoms with Crippen molar-refractivity contribution < 1.29 is 4.79 Å². The summed E-state index contributed by atoms with van der Waals surface area (Å²) < 4.78 is 2.08. The number of rotatable bonds is 1. The third kappa shape index (κ3) is 2.07. The topological polar surface area (TPSA) is 64.2 Å². The first-order valence-electron chi connectivity index (χ1n) is 6.30. The van der Waals surface area contributed by atoms with E-state index in [2.05, 4.69) is 9.55 Å². The van der Waals surface area contributed by atoms with Gasteiger partial charge in [-0.25, -0.2) is 4.98 Å². The Bertz CT molecular complexity index is 632. The Kier molecular flexibility index (Phi) is 2.74. The molecule has 2 aromatic rings. The lowest BCUT2D eigenvalue weighted by atomic mass is 10.1. The van der Waals surface area contributed by atoms with Gasteiger partial charge in [0.1, 0.15) is 5.82 Å². The first-order valence-corrected chi connectivity index (χ1v) is 6.30. The van der Waals surface area contributed by atoms with Gasteiger partial charge in [0.2, 0.25) is 0 Å². The van der Waals surface area contributed by atoms with E-state index in [9.17, 15) is 4.79 Å². The van der Waals surface area contributed by atoms with Gasteiger partial charge in [-0.3, -0.25) is 4.79 Å². The fraction of sp³-hybridized carbons (Fsp3) is 0.286. The van der Waals surface area contributed by atoms with Crippen molar-refractivity contribution in [1.82, 2.24) is 14.5 Å². The Morgan fingerprint density at radius 1 is 1.37 bits per heavy atom. The monoisotopic (exact) mass is 256 g/mol. The number of nitrogens with two attached hydrogens (primary N) is 1. The molecule has 5 heteroatoms. The van der Waals surface area contributed by atoms with E-state index in [0.717, 1.165) is 17.9 Å². The third-order valence-corrected chi connectivity index (χ3v) is 3.51. The Labute approximate surface area is 111 Å². The van der Waals surface area contributed by atoms with Crippen molar-refractivity contribution in [2.75, 3.05) is 12.3 Å². The van der Waals surface area contributed by atoms with Gasteiger partial charge < -0.3 is 15.2 Å². The van der Waals surface area contributed by atoms with E-state index in [4.69, 9.17) is 5.73 Å². The molecule has 0 saturated heterocycles. The summed E-state index contributed by atoms with van der Waals surface area (Å²) in [6.45, 7) is 3.99. The van der Waals surface area contributed by atoms with Crippen molar-refractivity contribution in [2.24, 2.45) is 0 Å². The summed E-state index contributed by atoms with van der Waals surface area (Å²) >= 11 is 0. The minimum atomic E-state index is 0.0479. The molecule has 0 aliphatic carbocycles. The maximum Gasteiger partial charge on any atom is 0.254 e. The zero-order chi connectivity index (χ0) is 13.4. The second kappa shape index (κ2) is 4.42. The highest BCUT2D eigenvalue weighted by Gasteiger charge is 2.23. The summed E-state index contributed by atoms with van der Waals surface area (Å²) in [6.07, 6.45) is 3.73. The molecular formula is C14H16N4O. The van der Waals surface area contributed by atoms with E-state index in [0.29, 0.717) is 24.3 Å². The highest BCUT2D eigenvalue weighted by molar-refractivity contribution is 5.96. The van der Waals surface area contributed by atoms with Gasteiger partial charge >= 0.3 is 0 Å². The number of hydrogen-bond donors (Lipinski definition) is 1. The van der Waals surface area contributed by atoms with E-state index in [-0.39, 0.29) is 5.91 Å². The van der Waals surface area contributed by atoms with Crippen LogP contribution in [0.25, 0.3) is 0 Å². The van der Waals surface area contributed by atoms with Gasteiger partial charge in [-0.05, 0) is 30.7 Å². The van der Waals surface area contributed by atoms with Gasteiger partial charge in [0.05, 0.1) is 6.54 Å². The summed E-state index contributed by atoms with van der Waals surface area (Å²) in [5.74, 6) is 0.986. The zero-order valence-electron chi connectivity index (χ0n) is 10.8. The normalized spacial score (nSPS) is 14.3. The molecule has 0 spiro atoms. The van der Waals surface area contributed by atoms with Crippen LogP contribution in [-0.4, -0.2) is 26.9 Å². The van der Waals surface area contributed by atoms with Crippen LogP contribution < -0.4 is 5.73 Å². The molecule has 5 nitrogen and oxygen atoms in total. The quantitative estimate of drug-likeness (QED) is 0.785. The molecule has 1 amide bonds. The number of carbonyl (C=O) groups is 1. The molecule has 1 aliphatic heterocycles. The summed E-state index contributed by atoms with van der Waals surface area (Å²) in [5.41, 5.74) is 8.03. The Balaban J connectivity index is 1.85. The van der Waals surface area contributed by atoms with E-state index >= 15 is 0 Å². The van der Waals surface area contributed by atoms with E-state index < -0.39 is 0 Å². The number of aromatic nitrogens is 2. The fourth-order valence-electron chi connectivity index (χ4n) is 2.44. The van der Waals surface area contributed by atoms with Gasteiger partial charge in [-0.2, -0.15) is 0 Å². The molecule has 0 saturated carbocycles. The van der Waals surface area contributed by atoms with Gasteiger partial charge in [0, 0.05) is 36.7 Å². The molecule has 1 aromatic heterocycles. The lowest BCUT2D eigenvalue weighted by Gasteiger charge is -2.28. The number of aryl methyl sites for hydroxylation is 1. The lowest BCUT2D eigenvalue weighted by molar-refractivity contribution is 0.0707. The van der Waals surface area contributed by atoms with Crippen LogP contribution in [0.3, 0.4) is 0 Å². The van der Waals surface area contributed by atoms with Gasteiger partial charge in [-0.15, -0.1) is 0 Å². The molecule has 19 heavy (non-hydrogen) atoms. The second-order valence-electron chi connectivity index (χ2n) is 4.84. The SMILES string of the molecule is Cc1cc(N)ccc1C(=O)N1CCn2ccnc2C1. The smallest absolute Gasteiger partial charge is 0.254 e. The van der Waals surface area contributed by atoms with Crippen molar-refractivity contribution in [1.29, 1.82) is 0 Å². The number of carbonyl (C=O) groups excluding carboxylic acids is 1.